The van der Waals surface area contributed by atoms with Crippen molar-refractivity contribution in [1.29, 1.82) is 0 Å². The standard InChI is InChI=1S/C34H59NO7/c1-5-27(24-36)41-22-21-40-20-19-39-18-17-38-16-6-15-35-32(37)42-28-11-13-34(4)26(23-28)8-9-29-30-10-7-25(2)33(30,3)14-12-31(29)34/h8,25,27-31,36H,5-7,9-24H2,1-4H3,(H,35,37)/t25-,27?,28+,29?,30+,31+,33-,34+/m1/s1. The maximum absolute atomic E-state index is 12.5. The van der Waals surface area contributed by atoms with Crippen molar-refractivity contribution in [3.05, 3.63) is 11.6 Å². The molecular weight excluding hydrogens is 534 g/mol. The first kappa shape index (κ1) is 33.7. The number of fused-ring (bicyclic) bond motifs is 5. The van der Waals surface area contributed by atoms with E-state index in [1.54, 1.807) is 5.57 Å². The van der Waals surface area contributed by atoms with Gasteiger partial charge in [-0.2, -0.15) is 0 Å². The molecule has 0 saturated heterocycles. The zero-order valence-corrected chi connectivity index (χ0v) is 26.9. The summed E-state index contributed by atoms with van der Waals surface area (Å²) in [6.45, 7) is 13.7. The van der Waals surface area contributed by atoms with Crippen LogP contribution in [0.3, 0.4) is 0 Å². The van der Waals surface area contributed by atoms with Crippen molar-refractivity contribution in [1.82, 2.24) is 5.32 Å². The van der Waals surface area contributed by atoms with Crippen LogP contribution in [-0.2, 0) is 23.7 Å². The van der Waals surface area contributed by atoms with Crippen molar-refractivity contribution in [2.75, 3.05) is 59.4 Å². The molecule has 0 aromatic rings. The largest absolute Gasteiger partial charge is 0.446 e. The van der Waals surface area contributed by atoms with E-state index in [0.29, 0.717) is 58.2 Å². The Hall–Kier alpha value is -1.19. The number of hydrogen-bond acceptors (Lipinski definition) is 7. The molecule has 4 aliphatic carbocycles. The quantitative estimate of drug-likeness (QED) is 0.160. The third-order valence-electron chi connectivity index (χ3n) is 11.5. The predicted octanol–water partition coefficient (Wildman–Crippen LogP) is 5.91. The molecule has 2 unspecified atom stereocenters. The lowest BCUT2D eigenvalue weighted by atomic mass is 9.47. The number of ether oxygens (including phenoxy) is 5. The molecule has 4 rings (SSSR count). The number of rotatable bonds is 17. The van der Waals surface area contributed by atoms with E-state index in [2.05, 4.69) is 32.2 Å². The Morgan fingerprint density at radius 1 is 0.976 bits per heavy atom. The normalized spacial score (nSPS) is 34.6. The summed E-state index contributed by atoms with van der Waals surface area (Å²) in [6, 6.07) is 0. The monoisotopic (exact) mass is 593 g/mol. The van der Waals surface area contributed by atoms with Gasteiger partial charge in [-0.3, -0.25) is 0 Å². The summed E-state index contributed by atoms with van der Waals surface area (Å²) in [5, 5.41) is 12.0. The highest BCUT2D eigenvalue weighted by molar-refractivity contribution is 5.67. The van der Waals surface area contributed by atoms with Gasteiger partial charge in [0.15, 0.2) is 0 Å². The summed E-state index contributed by atoms with van der Waals surface area (Å²) < 4.78 is 27.9. The van der Waals surface area contributed by atoms with Crippen LogP contribution >= 0.6 is 0 Å². The van der Waals surface area contributed by atoms with Gasteiger partial charge in [0.25, 0.3) is 0 Å². The molecule has 0 aromatic heterocycles. The predicted molar refractivity (Wildman–Crippen MR) is 163 cm³/mol. The van der Waals surface area contributed by atoms with E-state index >= 15 is 0 Å². The van der Waals surface area contributed by atoms with Gasteiger partial charge in [0.1, 0.15) is 6.10 Å². The molecule has 0 bridgehead atoms. The Labute approximate surface area is 254 Å². The molecule has 4 aliphatic rings. The second kappa shape index (κ2) is 16.2. The zero-order valence-electron chi connectivity index (χ0n) is 26.9. The second-order valence-corrected chi connectivity index (χ2v) is 13.8. The van der Waals surface area contributed by atoms with E-state index in [-0.39, 0.29) is 30.3 Å². The molecule has 0 heterocycles. The van der Waals surface area contributed by atoms with E-state index in [1.807, 2.05) is 6.92 Å². The lowest BCUT2D eigenvalue weighted by Crippen LogP contribution is -2.50. The van der Waals surface area contributed by atoms with Crippen molar-refractivity contribution in [3.8, 4) is 0 Å². The van der Waals surface area contributed by atoms with Gasteiger partial charge in [0, 0.05) is 19.6 Å². The summed E-state index contributed by atoms with van der Waals surface area (Å²) >= 11 is 0. The van der Waals surface area contributed by atoms with Crippen LogP contribution in [0.5, 0.6) is 0 Å². The summed E-state index contributed by atoms with van der Waals surface area (Å²) in [5.41, 5.74) is 2.39. The SMILES string of the molecule is CCC(CO)OCCOCCOCCOCCCNC(=O)O[C@H]1CC[C@@]2(C)C(=CCC3[C@@H]4CC[C@@H](C)[C@@]4(C)CC[C@@H]32)C1. The number of nitrogens with one attached hydrogen (secondary N) is 1. The lowest BCUT2D eigenvalue weighted by Gasteiger charge is -2.58. The third kappa shape index (κ3) is 8.29. The first-order valence-corrected chi connectivity index (χ1v) is 16.9. The number of hydrogen-bond donors (Lipinski definition) is 2. The van der Waals surface area contributed by atoms with Crippen LogP contribution in [-0.4, -0.2) is 82.8 Å². The highest BCUT2D eigenvalue weighted by atomic mass is 16.6. The van der Waals surface area contributed by atoms with Crippen molar-refractivity contribution < 1.29 is 33.6 Å². The molecule has 0 radical (unpaired) electrons. The Balaban J connectivity index is 1.02. The van der Waals surface area contributed by atoms with Crippen LogP contribution in [0.2, 0.25) is 0 Å². The summed E-state index contributed by atoms with van der Waals surface area (Å²) in [6.07, 6.45) is 13.5. The van der Waals surface area contributed by atoms with Crippen LogP contribution in [0.25, 0.3) is 0 Å². The van der Waals surface area contributed by atoms with E-state index in [1.165, 1.54) is 32.1 Å². The summed E-state index contributed by atoms with van der Waals surface area (Å²) in [5.74, 6) is 3.39. The minimum Gasteiger partial charge on any atom is -0.446 e. The average molecular weight is 594 g/mol. The van der Waals surface area contributed by atoms with Crippen LogP contribution in [0.1, 0.15) is 91.9 Å². The zero-order chi connectivity index (χ0) is 30.0. The molecule has 2 N–H and O–H groups in total. The smallest absolute Gasteiger partial charge is 0.407 e. The average Bonchev–Trinajstić information content (AvgIpc) is 3.29. The molecule has 8 nitrogen and oxygen atoms in total. The van der Waals surface area contributed by atoms with Gasteiger partial charge in [-0.15, -0.1) is 0 Å². The van der Waals surface area contributed by atoms with Crippen LogP contribution in [0, 0.1) is 34.5 Å². The van der Waals surface area contributed by atoms with Crippen molar-refractivity contribution >= 4 is 6.09 Å². The maximum atomic E-state index is 12.5. The van der Waals surface area contributed by atoms with E-state index in [4.69, 9.17) is 28.8 Å². The number of allylic oxidation sites excluding steroid dienone is 1. The van der Waals surface area contributed by atoms with Crippen LogP contribution < -0.4 is 5.32 Å². The first-order chi connectivity index (χ1) is 20.3. The lowest BCUT2D eigenvalue weighted by molar-refractivity contribution is -0.0486. The van der Waals surface area contributed by atoms with E-state index in [9.17, 15) is 4.79 Å². The van der Waals surface area contributed by atoms with Crippen molar-refractivity contribution in [3.63, 3.8) is 0 Å². The van der Waals surface area contributed by atoms with Crippen LogP contribution in [0.4, 0.5) is 4.79 Å². The molecule has 0 spiro atoms. The number of amides is 1. The van der Waals surface area contributed by atoms with Gasteiger partial charge in [-0.25, -0.2) is 4.79 Å². The minimum atomic E-state index is -0.304. The molecule has 3 saturated carbocycles. The highest BCUT2D eigenvalue weighted by Gasteiger charge is 2.57. The number of aliphatic hydroxyl groups excluding tert-OH is 1. The van der Waals surface area contributed by atoms with E-state index in [0.717, 1.165) is 55.8 Å². The fourth-order valence-corrected chi connectivity index (χ4v) is 8.66. The molecule has 8 atom stereocenters. The Kier molecular flexibility index (Phi) is 13.0. The van der Waals surface area contributed by atoms with Gasteiger partial charge in [0.05, 0.1) is 52.4 Å². The number of alkyl carbamates (subject to hydrolysis) is 1. The van der Waals surface area contributed by atoms with E-state index < -0.39 is 0 Å². The van der Waals surface area contributed by atoms with Gasteiger partial charge in [0.2, 0.25) is 0 Å². The van der Waals surface area contributed by atoms with Crippen LogP contribution in [0.15, 0.2) is 11.6 Å². The maximum Gasteiger partial charge on any atom is 0.407 e. The molecule has 0 aromatic carbocycles. The summed E-state index contributed by atoms with van der Waals surface area (Å²) in [7, 11) is 0. The molecule has 1 amide bonds. The number of aliphatic hydroxyl groups is 1. The first-order valence-electron chi connectivity index (χ1n) is 16.9. The fourth-order valence-electron chi connectivity index (χ4n) is 8.66. The highest BCUT2D eigenvalue weighted by Crippen LogP contribution is 2.66. The second-order valence-electron chi connectivity index (χ2n) is 13.8. The molecule has 3 fully saturated rings. The number of carbonyl (C=O) groups is 1. The Morgan fingerprint density at radius 2 is 1.69 bits per heavy atom. The van der Waals surface area contributed by atoms with Gasteiger partial charge >= 0.3 is 6.09 Å². The fraction of sp³-hybridized carbons (Fsp3) is 0.912. The molecule has 0 aliphatic heterocycles. The third-order valence-corrected chi connectivity index (χ3v) is 11.5. The Morgan fingerprint density at radius 3 is 2.40 bits per heavy atom. The molecule has 8 heteroatoms. The van der Waals surface area contributed by atoms with Gasteiger partial charge in [-0.1, -0.05) is 39.3 Å². The van der Waals surface area contributed by atoms with Gasteiger partial charge < -0.3 is 34.1 Å². The molecule has 242 valence electrons. The number of carbonyl (C=O) groups excluding carboxylic acids is 1. The topological polar surface area (TPSA) is 95.5 Å². The van der Waals surface area contributed by atoms with Crippen molar-refractivity contribution in [2.24, 2.45) is 34.5 Å². The minimum absolute atomic E-state index is 0.0139. The summed E-state index contributed by atoms with van der Waals surface area (Å²) in [4.78, 5) is 12.5. The molecular formula is C34H59NO7. The Bertz CT molecular complexity index is 863. The van der Waals surface area contributed by atoms with Gasteiger partial charge in [-0.05, 0) is 92.3 Å². The van der Waals surface area contributed by atoms with Crippen molar-refractivity contribution in [2.45, 2.75) is 104 Å². The molecule has 42 heavy (non-hydrogen) atoms.